The molecule has 0 radical (unpaired) electrons. The zero-order valence-electron chi connectivity index (χ0n) is 7.87. The smallest absolute Gasteiger partial charge is 0.335 e. The Morgan fingerprint density at radius 3 is 2.57 bits per heavy atom. The van der Waals surface area contributed by atoms with Gasteiger partial charge in [-0.25, -0.2) is 4.79 Å². The van der Waals surface area contributed by atoms with Gasteiger partial charge in [-0.2, -0.15) is 0 Å². The molecule has 0 fully saturated rings. The molecule has 72 valence electrons. The van der Waals surface area contributed by atoms with Crippen LogP contribution in [0.3, 0.4) is 0 Å². The number of benzene rings is 1. The van der Waals surface area contributed by atoms with Crippen molar-refractivity contribution in [2.24, 2.45) is 0 Å². The van der Waals surface area contributed by atoms with Crippen molar-refractivity contribution < 1.29 is 9.90 Å². The van der Waals surface area contributed by atoms with Crippen molar-refractivity contribution in [3.05, 3.63) is 29.8 Å². The second-order valence-electron chi connectivity index (χ2n) is 2.66. The molecule has 0 aliphatic rings. The number of hydrogen-bond acceptors (Lipinski definition) is 2. The van der Waals surface area contributed by atoms with Crippen molar-refractivity contribution >= 4 is 11.7 Å². The fourth-order valence-corrected chi connectivity index (χ4v) is 0.965. The lowest BCUT2D eigenvalue weighted by atomic mass is 10.2. The summed E-state index contributed by atoms with van der Waals surface area (Å²) in [6, 6.07) is 6.57. The highest BCUT2D eigenvalue weighted by Crippen LogP contribution is 2.08. The third-order valence-electron chi connectivity index (χ3n) is 1.69. The van der Waals surface area contributed by atoms with Gasteiger partial charge in [0.25, 0.3) is 0 Å². The first-order chi connectivity index (χ1) is 6.74. The van der Waals surface area contributed by atoms with E-state index in [2.05, 4.69) is 17.2 Å². The Labute approximate surface area is 82.8 Å². The number of rotatable bonds is 3. The summed E-state index contributed by atoms with van der Waals surface area (Å²) in [5.74, 6) is 4.71. The number of carbonyl (C=O) groups is 1. The summed E-state index contributed by atoms with van der Waals surface area (Å²) >= 11 is 0. The van der Waals surface area contributed by atoms with E-state index < -0.39 is 5.97 Å². The molecule has 1 rings (SSSR count). The van der Waals surface area contributed by atoms with E-state index in [-0.39, 0.29) is 5.56 Å². The van der Waals surface area contributed by atoms with Crippen LogP contribution in [0.4, 0.5) is 5.69 Å². The minimum Gasteiger partial charge on any atom is -0.478 e. The molecule has 0 saturated heterocycles. The lowest BCUT2D eigenvalue weighted by Crippen LogP contribution is -2.00. The summed E-state index contributed by atoms with van der Waals surface area (Å²) in [7, 11) is 0. The standard InChI is InChI=1S/C11H11NO2/c1-2-3-8-12-10-6-4-9(5-7-10)11(13)14/h4-7,12H,8H2,1H3,(H,13,14). The monoisotopic (exact) mass is 189 g/mol. The van der Waals surface area contributed by atoms with Crippen LogP contribution in [-0.2, 0) is 0 Å². The van der Waals surface area contributed by atoms with Gasteiger partial charge in [-0.05, 0) is 31.2 Å². The lowest BCUT2D eigenvalue weighted by Gasteiger charge is -2.01. The molecule has 0 atom stereocenters. The van der Waals surface area contributed by atoms with E-state index >= 15 is 0 Å². The zero-order chi connectivity index (χ0) is 10.4. The molecule has 3 nitrogen and oxygen atoms in total. The number of hydrogen-bond donors (Lipinski definition) is 2. The fourth-order valence-electron chi connectivity index (χ4n) is 0.965. The van der Waals surface area contributed by atoms with Crippen LogP contribution in [0.15, 0.2) is 24.3 Å². The third kappa shape index (κ3) is 2.83. The number of carboxylic acids is 1. The largest absolute Gasteiger partial charge is 0.478 e. The van der Waals surface area contributed by atoms with Gasteiger partial charge in [0.05, 0.1) is 12.1 Å². The van der Waals surface area contributed by atoms with Gasteiger partial charge in [0.2, 0.25) is 0 Å². The second-order valence-corrected chi connectivity index (χ2v) is 2.66. The molecule has 14 heavy (non-hydrogen) atoms. The van der Waals surface area contributed by atoms with E-state index in [1.807, 2.05) is 0 Å². The number of anilines is 1. The Bertz CT molecular complexity index is 371. The molecule has 0 aliphatic carbocycles. The van der Waals surface area contributed by atoms with Crippen LogP contribution in [0.2, 0.25) is 0 Å². The minimum atomic E-state index is -0.912. The maximum absolute atomic E-state index is 10.5. The second kappa shape index (κ2) is 4.93. The predicted octanol–water partition coefficient (Wildman–Crippen LogP) is 1.82. The molecule has 0 spiro atoms. The van der Waals surface area contributed by atoms with Gasteiger partial charge in [-0.15, -0.1) is 5.92 Å². The first-order valence-corrected chi connectivity index (χ1v) is 4.21. The number of aromatic carboxylic acids is 1. The average Bonchev–Trinajstić information content (AvgIpc) is 2.19. The van der Waals surface area contributed by atoms with Gasteiger partial charge in [0, 0.05) is 5.69 Å². The molecule has 1 aromatic rings. The topological polar surface area (TPSA) is 49.3 Å². The first kappa shape index (κ1) is 10.1. The third-order valence-corrected chi connectivity index (χ3v) is 1.69. The summed E-state index contributed by atoms with van der Waals surface area (Å²) in [6.45, 7) is 2.35. The van der Waals surface area contributed by atoms with Crippen LogP contribution in [0, 0.1) is 11.8 Å². The summed E-state index contributed by atoms with van der Waals surface area (Å²) in [5, 5.41) is 11.7. The van der Waals surface area contributed by atoms with Crippen molar-refractivity contribution in [1.82, 2.24) is 0 Å². The van der Waals surface area contributed by atoms with Crippen molar-refractivity contribution in [2.75, 3.05) is 11.9 Å². The predicted molar refractivity (Wildman–Crippen MR) is 55.3 cm³/mol. The molecular formula is C11H11NO2. The van der Waals surface area contributed by atoms with E-state index in [1.165, 1.54) is 0 Å². The Kier molecular flexibility index (Phi) is 3.57. The maximum Gasteiger partial charge on any atom is 0.335 e. The molecular weight excluding hydrogens is 178 g/mol. The zero-order valence-corrected chi connectivity index (χ0v) is 7.87. The molecule has 2 N–H and O–H groups in total. The van der Waals surface area contributed by atoms with E-state index in [9.17, 15) is 4.79 Å². The van der Waals surface area contributed by atoms with Crippen molar-refractivity contribution in [1.29, 1.82) is 0 Å². The summed E-state index contributed by atoms with van der Waals surface area (Å²) in [4.78, 5) is 10.5. The minimum absolute atomic E-state index is 0.289. The van der Waals surface area contributed by atoms with Crippen LogP contribution >= 0.6 is 0 Å². The molecule has 1 aromatic carbocycles. The van der Waals surface area contributed by atoms with Crippen LogP contribution in [0.25, 0.3) is 0 Å². The van der Waals surface area contributed by atoms with Crippen LogP contribution in [0.1, 0.15) is 17.3 Å². The maximum atomic E-state index is 10.5. The normalized spacial score (nSPS) is 8.64. The Balaban J connectivity index is 2.62. The fraction of sp³-hybridized carbons (Fsp3) is 0.182. The molecule has 0 bridgehead atoms. The summed E-state index contributed by atoms with van der Waals surface area (Å²) in [6.07, 6.45) is 0. The van der Waals surface area contributed by atoms with Crippen LogP contribution in [-0.4, -0.2) is 17.6 Å². The number of carboxylic acid groups (broad SMARTS) is 1. The molecule has 0 heterocycles. The van der Waals surface area contributed by atoms with E-state index in [4.69, 9.17) is 5.11 Å². The van der Waals surface area contributed by atoms with Gasteiger partial charge in [0.15, 0.2) is 0 Å². The van der Waals surface area contributed by atoms with Gasteiger partial charge in [0.1, 0.15) is 0 Å². The lowest BCUT2D eigenvalue weighted by molar-refractivity contribution is 0.0697. The Morgan fingerprint density at radius 2 is 2.07 bits per heavy atom. The van der Waals surface area contributed by atoms with Gasteiger partial charge in [-0.3, -0.25) is 0 Å². The van der Waals surface area contributed by atoms with Crippen molar-refractivity contribution in [3.63, 3.8) is 0 Å². The molecule has 3 heteroatoms. The van der Waals surface area contributed by atoms with E-state index in [1.54, 1.807) is 31.2 Å². The highest BCUT2D eigenvalue weighted by molar-refractivity contribution is 5.87. The molecule has 0 aromatic heterocycles. The van der Waals surface area contributed by atoms with E-state index in [0.29, 0.717) is 6.54 Å². The van der Waals surface area contributed by atoms with Crippen molar-refractivity contribution in [2.45, 2.75) is 6.92 Å². The Morgan fingerprint density at radius 1 is 1.43 bits per heavy atom. The SMILES string of the molecule is CC#CCNc1ccc(C(=O)O)cc1. The average molecular weight is 189 g/mol. The van der Waals surface area contributed by atoms with Gasteiger partial charge >= 0.3 is 5.97 Å². The number of nitrogens with one attached hydrogen (secondary N) is 1. The Hall–Kier alpha value is -1.95. The molecule has 0 unspecified atom stereocenters. The highest BCUT2D eigenvalue weighted by atomic mass is 16.4. The molecule has 0 aliphatic heterocycles. The van der Waals surface area contributed by atoms with Crippen LogP contribution in [0.5, 0.6) is 0 Å². The van der Waals surface area contributed by atoms with Crippen LogP contribution < -0.4 is 5.32 Å². The highest BCUT2D eigenvalue weighted by Gasteiger charge is 2.00. The van der Waals surface area contributed by atoms with Gasteiger partial charge in [-0.1, -0.05) is 5.92 Å². The van der Waals surface area contributed by atoms with Gasteiger partial charge < -0.3 is 10.4 Å². The van der Waals surface area contributed by atoms with E-state index in [0.717, 1.165) is 5.69 Å². The quantitative estimate of drug-likeness (QED) is 0.713. The van der Waals surface area contributed by atoms with Crippen molar-refractivity contribution in [3.8, 4) is 11.8 Å². The molecule has 0 amide bonds. The summed E-state index contributed by atoms with van der Waals surface area (Å²) in [5.41, 5.74) is 1.16. The first-order valence-electron chi connectivity index (χ1n) is 4.21. The molecule has 0 saturated carbocycles. The summed E-state index contributed by atoms with van der Waals surface area (Å²) < 4.78 is 0.